The molecule has 1 amide bonds. The van der Waals surface area contributed by atoms with Crippen LogP contribution in [0.4, 0.5) is 5.69 Å². The Labute approximate surface area is 169 Å². The van der Waals surface area contributed by atoms with E-state index in [0.717, 1.165) is 43.1 Å². The topological polar surface area (TPSA) is 32.8 Å². The smallest absolute Gasteiger partial charge is 0.263 e. The SMILES string of the molecule is CCC(Oc1cc(C)ccc1C)C(=O)N1CCN(c2cccc(C)c2C)CC1. The summed E-state index contributed by atoms with van der Waals surface area (Å²) in [7, 11) is 0. The van der Waals surface area contributed by atoms with Gasteiger partial charge in [0.05, 0.1) is 0 Å². The van der Waals surface area contributed by atoms with Crippen molar-refractivity contribution in [2.45, 2.75) is 47.1 Å². The molecule has 2 aromatic rings. The highest BCUT2D eigenvalue weighted by molar-refractivity contribution is 5.81. The molecular formula is C24H32N2O2. The van der Waals surface area contributed by atoms with Crippen LogP contribution < -0.4 is 9.64 Å². The van der Waals surface area contributed by atoms with Crippen LogP contribution in [0.15, 0.2) is 36.4 Å². The van der Waals surface area contributed by atoms with Gasteiger partial charge in [-0.05, 0) is 68.5 Å². The highest BCUT2D eigenvalue weighted by Gasteiger charge is 2.28. The van der Waals surface area contributed by atoms with E-state index < -0.39 is 6.10 Å². The monoisotopic (exact) mass is 380 g/mol. The molecule has 28 heavy (non-hydrogen) atoms. The molecule has 1 aliphatic rings. The first kappa shape index (κ1) is 20.2. The number of hydrogen-bond donors (Lipinski definition) is 0. The lowest BCUT2D eigenvalue weighted by atomic mass is 10.1. The Bertz CT molecular complexity index is 838. The maximum absolute atomic E-state index is 13.1. The molecule has 0 radical (unpaired) electrons. The first-order chi connectivity index (χ1) is 13.4. The van der Waals surface area contributed by atoms with Crippen LogP contribution in [0.2, 0.25) is 0 Å². The lowest BCUT2D eigenvalue weighted by molar-refractivity contribution is -0.139. The van der Waals surface area contributed by atoms with Crippen molar-refractivity contribution in [2.75, 3.05) is 31.1 Å². The van der Waals surface area contributed by atoms with Crippen LogP contribution >= 0.6 is 0 Å². The number of benzene rings is 2. The minimum atomic E-state index is -0.423. The van der Waals surface area contributed by atoms with E-state index in [1.54, 1.807) is 0 Å². The summed E-state index contributed by atoms with van der Waals surface area (Å²) in [4.78, 5) is 17.4. The van der Waals surface area contributed by atoms with Gasteiger partial charge in [0.2, 0.25) is 0 Å². The van der Waals surface area contributed by atoms with Gasteiger partial charge in [-0.15, -0.1) is 0 Å². The van der Waals surface area contributed by atoms with Gasteiger partial charge in [0, 0.05) is 31.9 Å². The second kappa shape index (κ2) is 8.68. The van der Waals surface area contributed by atoms with E-state index in [-0.39, 0.29) is 5.91 Å². The normalized spacial score (nSPS) is 15.5. The predicted octanol–water partition coefficient (Wildman–Crippen LogP) is 4.43. The van der Waals surface area contributed by atoms with Crippen molar-refractivity contribution in [3.8, 4) is 5.75 Å². The fourth-order valence-electron chi connectivity index (χ4n) is 3.75. The van der Waals surface area contributed by atoms with Crippen molar-refractivity contribution in [3.63, 3.8) is 0 Å². The highest BCUT2D eigenvalue weighted by Crippen LogP contribution is 2.25. The van der Waals surface area contributed by atoms with E-state index in [9.17, 15) is 4.79 Å². The second-order valence-corrected chi connectivity index (χ2v) is 7.82. The molecule has 0 spiro atoms. The number of carbonyl (C=O) groups excluding carboxylic acids is 1. The van der Waals surface area contributed by atoms with E-state index >= 15 is 0 Å². The number of carbonyl (C=O) groups is 1. The Morgan fingerprint density at radius 1 is 1.00 bits per heavy atom. The minimum absolute atomic E-state index is 0.101. The van der Waals surface area contributed by atoms with E-state index in [0.29, 0.717) is 6.42 Å². The number of amides is 1. The number of rotatable bonds is 5. The highest BCUT2D eigenvalue weighted by atomic mass is 16.5. The summed E-state index contributed by atoms with van der Waals surface area (Å²) in [5.41, 5.74) is 6.13. The van der Waals surface area contributed by atoms with Crippen molar-refractivity contribution < 1.29 is 9.53 Å². The number of hydrogen-bond acceptors (Lipinski definition) is 3. The molecule has 1 fully saturated rings. The fourth-order valence-corrected chi connectivity index (χ4v) is 3.75. The molecule has 3 rings (SSSR count). The molecule has 1 unspecified atom stereocenters. The molecule has 0 aromatic heterocycles. The molecule has 1 aliphatic heterocycles. The maximum Gasteiger partial charge on any atom is 0.263 e. The van der Waals surface area contributed by atoms with Crippen molar-refractivity contribution in [3.05, 3.63) is 58.7 Å². The molecule has 0 saturated carbocycles. The van der Waals surface area contributed by atoms with Crippen LogP contribution in [-0.4, -0.2) is 43.1 Å². The summed E-state index contributed by atoms with van der Waals surface area (Å²) in [5, 5.41) is 0. The number of anilines is 1. The van der Waals surface area contributed by atoms with Crippen LogP contribution in [0, 0.1) is 27.7 Å². The van der Waals surface area contributed by atoms with Crippen LogP contribution in [0.5, 0.6) is 5.75 Å². The Balaban J connectivity index is 1.65. The maximum atomic E-state index is 13.1. The quantitative estimate of drug-likeness (QED) is 0.769. The number of ether oxygens (including phenoxy) is 1. The van der Waals surface area contributed by atoms with Gasteiger partial charge in [0.15, 0.2) is 6.10 Å². The Morgan fingerprint density at radius 3 is 2.39 bits per heavy atom. The second-order valence-electron chi connectivity index (χ2n) is 7.82. The third kappa shape index (κ3) is 4.32. The van der Waals surface area contributed by atoms with Gasteiger partial charge in [-0.1, -0.05) is 31.2 Å². The molecule has 1 atom stereocenters. The molecule has 2 aromatic carbocycles. The Kier molecular flexibility index (Phi) is 6.28. The molecule has 4 nitrogen and oxygen atoms in total. The molecule has 4 heteroatoms. The van der Waals surface area contributed by atoms with Crippen LogP contribution in [0.25, 0.3) is 0 Å². The average Bonchev–Trinajstić information content (AvgIpc) is 2.70. The molecular weight excluding hydrogens is 348 g/mol. The lowest BCUT2D eigenvalue weighted by Gasteiger charge is -2.38. The minimum Gasteiger partial charge on any atom is -0.480 e. The zero-order valence-electron chi connectivity index (χ0n) is 17.8. The van der Waals surface area contributed by atoms with Gasteiger partial charge in [-0.25, -0.2) is 0 Å². The molecule has 0 bridgehead atoms. The average molecular weight is 381 g/mol. The van der Waals surface area contributed by atoms with E-state index in [1.807, 2.05) is 37.8 Å². The van der Waals surface area contributed by atoms with Gasteiger partial charge in [0.25, 0.3) is 5.91 Å². The fraction of sp³-hybridized carbons (Fsp3) is 0.458. The Morgan fingerprint density at radius 2 is 1.71 bits per heavy atom. The van der Waals surface area contributed by atoms with E-state index in [1.165, 1.54) is 16.8 Å². The van der Waals surface area contributed by atoms with Crippen LogP contribution in [0.1, 0.15) is 35.6 Å². The molecule has 1 saturated heterocycles. The van der Waals surface area contributed by atoms with Gasteiger partial charge in [-0.3, -0.25) is 4.79 Å². The lowest BCUT2D eigenvalue weighted by Crippen LogP contribution is -2.52. The summed E-state index contributed by atoms with van der Waals surface area (Å²) < 4.78 is 6.13. The molecule has 0 aliphatic carbocycles. The summed E-state index contributed by atoms with van der Waals surface area (Å²) >= 11 is 0. The van der Waals surface area contributed by atoms with Crippen LogP contribution in [0.3, 0.4) is 0 Å². The van der Waals surface area contributed by atoms with Crippen molar-refractivity contribution in [2.24, 2.45) is 0 Å². The largest absolute Gasteiger partial charge is 0.480 e. The summed E-state index contributed by atoms with van der Waals surface area (Å²) in [6.07, 6.45) is 0.247. The third-order valence-electron chi connectivity index (χ3n) is 5.77. The first-order valence-corrected chi connectivity index (χ1v) is 10.2. The van der Waals surface area contributed by atoms with Gasteiger partial charge in [0.1, 0.15) is 5.75 Å². The molecule has 0 N–H and O–H groups in total. The number of piperazine rings is 1. The van der Waals surface area contributed by atoms with Gasteiger partial charge < -0.3 is 14.5 Å². The summed E-state index contributed by atoms with van der Waals surface area (Å²) in [5.74, 6) is 0.915. The predicted molar refractivity (Wildman–Crippen MR) is 115 cm³/mol. The van der Waals surface area contributed by atoms with Crippen molar-refractivity contribution >= 4 is 11.6 Å². The number of nitrogens with zero attached hydrogens (tertiary/aromatic N) is 2. The first-order valence-electron chi connectivity index (χ1n) is 10.2. The number of aryl methyl sites for hydroxylation is 3. The van der Waals surface area contributed by atoms with Gasteiger partial charge in [-0.2, -0.15) is 0 Å². The molecule has 150 valence electrons. The van der Waals surface area contributed by atoms with Crippen molar-refractivity contribution in [1.82, 2.24) is 4.90 Å². The Hall–Kier alpha value is -2.49. The van der Waals surface area contributed by atoms with Gasteiger partial charge >= 0.3 is 0 Å². The van der Waals surface area contributed by atoms with E-state index in [4.69, 9.17) is 4.74 Å². The van der Waals surface area contributed by atoms with Crippen molar-refractivity contribution in [1.29, 1.82) is 0 Å². The summed E-state index contributed by atoms with van der Waals surface area (Å²) in [6, 6.07) is 12.6. The zero-order chi connectivity index (χ0) is 20.3. The van der Waals surface area contributed by atoms with E-state index in [2.05, 4.69) is 43.0 Å². The summed E-state index contributed by atoms with van der Waals surface area (Å²) in [6.45, 7) is 13.6. The zero-order valence-corrected chi connectivity index (χ0v) is 17.8. The molecule has 1 heterocycles. The standard InChI is InChI=1S/C24H32N2O2/c1-6-22(28-23-16-17(2)10-11-19(23)4)24(27)26-14-12-25(13-15-26)21-9-7-8-18(3)20(21)5/h7-11,16,22H,6,12-15H2,1-5H3. The third-order valence-corrected chi connectivity index (χ3v) is 5.77. The van der Waals surface area contributed by atoms with Crippen LogP contribution in [-0.2, 0) is 4.79 Å².